The lowest BCUT2D eigenvalue weighted by molar-refractivity contribution is 0.0926. The van der Waals surface area contributed by atoms with Gasteiger partial charge in [0.15, 0.2) is 5.76 Å². The standard InChI is InChI=1S/C22H25N3O2/c26-22(21-17-18-7-4-5-10-20(18)27-21)23-11-6-12-24-13-15-25(16-14-24)19-8-2-1-3-9-19/h1-5,7-10,17H,6,11-16H2,(H,23,26). The molecule has 2 aromatic carbocycles. The lowest BCUT2D eigenvalue weighted by Gasteiger charge is -2.36. The molecule has 3 aromatic rings. The molecule has 140 valence electrons. The SMILES string of the molecule is O=C(NCCCN1CCN(c2ccccc2)CC1)c1cc2ccccc2o1. The van der Waals surface area contributed by atoms with Gasteiger partial charge in [-0.25, -0.2) is 0 Å². The van der Waals surface area contributed by atoms with E-state index in [9.17, 15) is 4.79 Å². The van der Waals surface area contributed by atoms with Crippen LogP contribution in [0.5, 0.6) is 0 Å². The lowest BCUT2D eigenvalue weighted by atomic mass is 10.2. The highest BCUT2D eigenvalue weighted by Crippen LogP contribution is 2.18. The number of furan rings is 1. The summed E-state index contributed by atoms with van der Waals surface area (Å²) in [6, 6.07) is 20.0. The van der Waals surface area contributed by atoms with Gasteiger partial charge in [0.1, 0.15) is 5.58 Å². The van der Waals surface area contributed by atoms with Crippen LogP contribution in [-0.4, -0.2) is 50.1 Å². The van der Waals surface area contributed by atoms with Gasteiger partial charge < -0.3 is 14.6 Å². The molecule has 0 saturated carbocycles. The van der Waals surface area contributed by atoms with Gasteiger partial charge in [-0.15, -0.1) is 0 Å². The Hall–Kier alpha value is -2.79. The topological polar surface area (TPSA) is 48.7 Å². The number of nitrogens with one attached hydrogen (secondary N) is 1. The first-order valence-corrected chi connectivity index (χ1v) is 9.59. The van der Waals surface area contributed by atoms with Crippen LogP contribution in [0.25, 0.3) is 11.0 Å². The number of anilines is 1. The van der Waals surface area contributed by atoms with Gasteiger partial charge >= 0.3 is 0 Å². The Labute approximate surface area is 159 Å². The van der Waals surface area contributed by atoms with E-state index < -0.39 is 0 Å². The zero-order valence-electron chi connectivity index (χ0n) is 15.4. The second-order valence-corrected chi connectivity index (χ2v) is 6.92. The van der Waals surface area contributed by atoms with Crippen molar-refractivity contribution >= 4 is 22.6 Å². The molecule has 1 aliphatic rings. The Kier molecular flexibility index (Phi) is 5.39. The predicted octanol–water partition coefficient (Wildman–Crippen LogP) is 3.37. The summed E-state index contributed by atoms with van der Waals surface area (Å²) in [4.78, 5) is 17.1. The lowest BCUT2D eigenvalue weighted by Crippen LogP contribution is -2.47. The first kappa shape index (κ1) is 17.6. The van der Waals surface area contributed by atoms with Crippen molar-refractivity contribution < 1.29 is 9.21 Å². The number of nitrogens with zero attached hydrogens (tertiary/aromatic N) is 2. The number of piperazine rings is 1. The molecule has 1 N–H and O–H groups in total. The number of fused-ring (bicyclic) bond motifs is 1. The normalized spacial score (nSPS) is 15.2. The molecule has 0 aliphatic carbocycles. The smallest absolute Gasteiger partial charge is 0.287 e. The Morgan fingerprint density at radius 3 is 2.48 bits per heavy atom. The summed E-state index contributed by atoms with van der Waals surface area (Å²) < 4.78 is 5.60. The summed E-state index contributed by atoms with van der Waals surface area (Å²) in [5.74, 6) is 0.243. The van der Waals surface area contributed by atoms with Crippen molar-refractivity contribution in [3.8, 4) is 0 Å². The number of carbonyl (C=O) groups is 1. The number of para-hydroxylation sites is 2. The first-order valence-electron chi connectivity index (χ1n) is 9.59. The van der Waals surface area contributed by atoms with Gasteiger partial charge in [0.05, 0.1) is 0 Å². The molecule has 1 aromatic heterocycles. The second kappa shape index (κ2) is 8.27. The third-order valence-electron chi connectivity index (χ3n) is 5.08. The number of benzene rings is 2. The molecule has 5 nitrogen and oxygen atoms in total. The van der Waals surface area contributed by atoms with Crippen LogP contribution >= 0.6 is 0 Å². The van der Waals surface area contributed by atoms with Crippen molar-refractivity contribution in [1.82, 2.24) is 10.2 Å². The van der Waals surface area contributed by atoms with Crippen molar-refractivity contribution in [1.29, 1.82) is 0 Å². The van der Waals surface area contributed by atoms with Gasteiger partial charge in [0, 0.05) is 43.8 Å². The first-order chi connectivity index (χ1) is 13.3. The largest absolute Gasteiger partial charge is 0.451 e. The van der Waals surface area contributed by atoms with Crippen LogP contribution in [0.3, 0.4) is 0 Å². The maximum absolute atomic E-state index is 12.2. The van der Waals surface area contributed by atoms with E-state index in [-0.39, 0.29) is 5.91 Å². The molecule has 1 aliphatic heterocycles. The molecule has 1 saturated heterocycles. The molecule has 0 bridgehead atoms. The number of rotatable bonds is 6. The third kappa shape index (κ3) is 4.31. The number of hydrogen-bond donors (Lipinski definition) is 1. The fourth-order valence-electron chi connectivity index (χ4n) is 3.55. The van der Waals surface area contributed by atoms with Crippen LogP contribution in [0.4, 0.5) is 5.69 Å². The third-order valence-corrected chi connectivity index (χ3v) is 5.08. The van der Waals surface area contributed by atoms with E-state index >= 15 is 0 Å². The highest BCUT2D eigenvalue weighted by atomic mass is 16.3. The molecule has 0 spiro atoms. The van der Waals surface area contributed by atoms with E-state index in [2.05, 4.69) is 45.4 Å². The highest BCUT2D eigenvalue weighted by molar-refractivity contribution is 5.96. The van der Waals surface area contributed by atoms with E-state index in [4.69, 9.17) is 4.42 Å². The van der Waals surface area contributed by atoms with Crippen molar-refractivity contribution in [2.24, 2.45) is 0 Å². The van der Waals surface area contributed by atoms with E-state index in [1.54, 1.807) is 6.07 Å². The van der Waals surface area contributed by atoms with Gasteiger partial charge in [-0.1, -0.05) is 36.4 Å². The summed E-state index contributed by atoms with van der Waals surface area (Å²) >= 11 is 0. The Bertz CT molecular complexity index is 850. The molecule has 0 unspecified atom stereocenters. The summed E-state index contributed by atoms with van der Waals surface area (Å²) in [5, 5.41) is 3.92. The average molecular weight is 363 g/mol. The molecule has 1 amide bonds. The van der Waals surface area contributed by atoms with Gasteiger partial charge in [0.2, 0.25) is 0 Å². The summed E-state index contributed by atoms with van der Waals surface area (Å²) in [6.07, 6.45) is 0.942. The molecule has 0 radical (unpaired) electrons. The van der Waals surface area contributed by atoms with E-state index in [0.717, 1.165) is 50.1 Å². The molecule has 1 fully saturated rings. The fourth-order valence-corrected chi connectivity index (χ4v) is 3.55. The van der Waals surface area contributed by atoms with Crippen LogP contribution in [-0.2, 0) is 0 Å². The molecule has 2 heterocycles. The Morgan fingerprint density at radius 2 is 1.70 bits per heavy atom. The summed E-state index contributed by atoms with van der Waals surface area (Å²) in [7, 11) is 0. The molecular formula is C22H25N3O2. The van der Waals surface area contributed by atoms with Crippen LogP contribution in [0.15, 0.2) is 65.1 Å². The van der Waals surface area contributed by atoms with Gasteiger partial charge in [-0.2, -0.15) is 0 Å². The maximum Gasteiger partial charge on any atom is 0.287 e. The molecule has 0 atom stereocenters. The number of amides is 1. The Morgan fingerprint density at radius 1 is 0.963 bits per heavy atom. The summed E-state index contributed by atoms with van der Waals surface area (Å²) in [6.45, 7) is 5.89. The van der Waals surface area contributed by atoms with Crippen molar-refractivity contribution in [2.45, 2.75) is 6.42 Å². The minimum atomic E-state index is -0.139. The quantitative estimate of drug-likeness (QED) is 0.682. The predicted molar refractivity (Wildman–Crippen MR) is 108 cm³/mol. The van der Waals surface area contributed by atoms with E-state index in [1.807, 2.05) is 24.3 Å². The zero-order chi connectivity index (χ0) is 18.5. The van der Waals surface area contributed by atoms with Gasteiger partial charge in [-0.3, -0.25) is 9.69 Å². The van der Waals surface area contributed by atoms with Crippen LogP contribution in [0, 0.1) is 0 Å². The fraction of sp³-hybridized carbons (Fsp3) is 0.318. The monoisotopic (exact) mass is 363 g/mol. The van der Waals surface area contributed by atoms with Gasteiger partial charge in [0.25, 0.3) is 5.91 Å². The molecule has 27 heavy (non-hydrogen) atoms. The maximum atomic E-state index is 12.2. The molecular weight excluding hydrogens is 338 g/mol. The average Bonchev–Trinajstić information content (AvgIpc) is 3.17. The van der Waals surface area contributed by atoms with Crippen molar-refractivity contribution in [3.05, 3.63) is 66.4 Å². The van der Waals surface area contributed by atoms with Crippen molar-refractivity contribution in [3.63, 3.8) is 0 Å². The number of carbonyl (C=O) groups excluding carboxylic acids is 1. The summed E-state index contributed by atoms with van der Waals surface area (Å²) in [5.41, 5.74) is 2.05. The second-order valence-electron chi connectivity index (χ2n) is 6.92. The van der Waals surface area contributed by atoms with Crippen molar-refractivity contribution in [2.75, 3.05) is 44.2 Å². The number of hydrogen-bond acceptors (Lipinski definition) is 4. The van der Waals surface area contributed by atoms with Crippen LogP contribution in [0.1, 0.15) is 17.0 Å². The van der Waals surface area contributed by atoms with Gasteiger partial charge in [-0.05, 0) is 37.2 Å². The molecule has 5 heteroatoms. The van der Waals surface area contributed by atoms with Crippen LogP contribution < -0.4 is 10.2 Å². The zero-order valence-corrected chi connectivity index (χ0v) is 15.4. The highest BCUT2D eigenvalue weighted by Gasteiger charge is 2.17. The minimum absolute atomic E-state index is 0.139. The Balaban J connectivity index is 1.18. The van der Waals surface area contributed by atoms with E-state index in [0.29, 0.717) is 12.3 Å². The van der Waals surface area contributed by atoms with E-state index in [1.165, 1.54) is 5.69 Å². The minimum Gasteiger partial charge on any atom is -0.451 e. The molecule has 4 rings (SSSR count). The van der Waals surface area contributed by atoms with Crippen LogP contribution in [0.2, 0.25) is 0 Å².